The van der Waals surface area contributed by atoms with E-state index >= 15 is 0 Å². The fourth-order valence-corrected chi connectivity index (χ4v) is 1.61. The van der Waals surface area contributed by atoms with Gasteiger partial charge in [-0.2, -0.15) is 4.98 Å². The fourth-order valence-electron chi connectivity index (χ4n) is 1.61. The van der Waals surface area contributed by atoms with Crippen molar-refractivity contribution < 1.29 is 4.74 Å². The number of hydrogen-bond acceptors (Lipinski definition) is 4. The molecule has 0 radical (unpaired) electrons. The molecule has 1 rings (SSSR count). The van der Waals surface area contributed by atoms with Crippen molar-refractivity contribution in [1.82, 2.24) is 9.97 Å². The van der Waals surface area contributed by atoms with Gasteiger partial charge in [0.15, 0.2) is 0 Å². The third-order valence-corrected chi connectivity index (χ3v) is 2.74. The van der Waals surface area contributed by atoms with Crippen LogP contribution in [0.15, 0.2) is 6.07 Å². The highest BCUT2D eigenvalue weighted by atomic mass is 16.5. The molecule has 0 spiro atoms. The van der Waals surface area contributed by atoms with Crippen molar-refractivity contribution in [2.45, 2.75) is 52.4 Å². The Balaban J connectivity index is 2.56. The lowest BCUT2D eigenvalue weighted by atomic mass is 10.2. The lowest BCUT2D eigenvalue weighted by Gasteiger charge is -2.10. The summed E-state index contributed by atoms with van der Waals surface area (Å²) in [7, 11) is 1.86. The fraction of sp³-hybridized carbons (Fsp3) is 0.714. The maximum absolute atomic E-state index is 5.69. The molecule has 0 atom stereocenters. The Bertz CT molecular complexity index is 353. The molecule has 0 fully saturated rings. The Morgan fingerprint density at radius 2 is 2.00 bits per heavy atom. The number of anilines is 1. The molecular weight excluding hydrogens is 226 g/mol. The van der Waals surface area contributed by atoms with Crippen LogP contribution in [0.4, 0.5) is 5.82 Å². The summed E-state index contributed by atoms with van der Waals surface area (Å²) in [6.07, 6.45) is 4.82. The first-order chi connectivity index (χ1) is 8.67. The van der Waals surface area contributed by atoms with E-state index in [1.54, 1.807) is 0 Å². The summed E-state index contributed by atoms with van der Waals surface area (Å²) in [5, 5.41) is 3.04. The van der Waals surface area contributed by atoms with Crippen LogP contribution >= 0.6 is 0 Å². The SMILES string of the molecule is CCCCCCOc1cc(NC)nc(C(C)C)n1. The topological polar surface area (TPSA) is 47.0 Å². The van der Waals surface area contributed by atoms with E-state index in [0.29, 0.717) is 11.8 Å². The minimum atomic E-state index is 0.306. The molecule has 0 unspecified atom stereocenters. The minimum absolute atomic E-state index is 0.306. The molecule has 4 nitrogen and oxygen atoms in total. The molecule has 0 saturated heterocycles. The zero-order valence-corrected chi connectivity index (χ0v) is 12.0. The van der Waals surface area contributed by atoms with E-state index in [9.17, 15) is 0 Å². The number of nitrogens with one attached hydrogen (secondary N) is 1. The second-order valence-corrected chi connectivity index (χ2v) is 4.76. The van der Waals surface area contributed by atoms with E-state index in [1.165, 1.54) is 19.3 Å². The average Bonchev–Trinajstić information content (AvgIpc) is 2.38. The molecule has 0 saturated carbocycles. The van der Waals surface area contributed by atoms with Gasteiger partial charge < -0.3 is 10.1 Å². The van der Waals surface area contributed by atoms with Crippen molar-refractivity contribution in [2.75, 3.05) is 19.0 Å². The van der Waals surface area contributed by atoms with E-state index in [2.05, 4.69) is 36.1 Å². The van der Waals surface area contributed by atoms with Gasteiger partial charge in [-0.1, -0.05) is 40.0 Å². The highest BCUT2D eigenvalue weighted by Gasteiger charge is 2.08. The van der Waals surface area contributed by atoms with Crippen LogP contribution in [0.3, 0.4) is 0 Å². The van der Waals surface area contributed by atoms with E-state index in [1.807, 2.05) is 13.1 Å². The van der Waals surface area contributed by atoms with Crippen molar-refractivity contribution in [1.29, 1.82) is 0 Å². The molecule has 0 amide bonds. The van der Waals surface area contributed by atoms with E-state index in [0.717, 1.165) is 24.7 Å². The number of nitrogens with zero attached hydrogens (tertiary/aromatic N) is 2. The van der Waals surface area contributed by atoms with Crippen molar-refractivity contribution in [3.8, 4) is 5.88 Å². The van der Waals surface area contributed by atoms with Gasteiger partial charge in [0.05, 0.1) is 6.61 Å². The molecule has 0 aliphatic heterocycles. The molecule has 4 heteroatoms. The van der Waals surface area contributed by atoms with Gasteiger partial charge in [0.2, 0.25) is 5.88 Å². The molecule has 0 aliphatic rings. The molecule has 1 aromatic heterocycles. The minimum Gasteiger partial charge on any atom is -0.478 e. The van der Waals surface area contributed by atoms with Crippen LogP contribution in [-0.4, -0.2) is 23.6 Å². The predicted octanol–water partition coefficient (Wildman–Crippen LogP) is 3.60. The van der Waals surface area contributed by atoms with Gasteiger partial charge >= 0.3 is 0 Å². The van der Waals surface area contributed by atoms with Crippen LogP contribution < -0.4 is 10.1 Å². The first-order valence-electron chi connectivity index (χ1n) is 6.87. The predicted molar refractivity (Wildman–Crippen MR) is 75.3 cm³/mol. The highest BCUT2D eigenvalue weighted by Crippen LogP contribution is 2.18. The summed E-state index contributed by atoms with van der Waals surface area (Å²) < 4.78 is 5.69. The van der Waals surface area contributed by atoms with Crippen LogP contribution in [0.25, 0.3) is 0 Å². The monoisotopic (exact) mass is 251 g/mol. The van der Waals surface area contributed by atoms with Crippen LogP contribution in [0, 0.1) is 0 Å². The Labute approximate surface area is 110 Å². The lowest BCUT2D eigenvalue weighted by Crippen LogP contribution is -2.06. The molecular formula is C14H25N3O. The second kappa shape index (κ2) is 7.90. The Kier molecular flexibility index (Phi) is 6.47. The molecule has 1 N–H and O–H groups in total. The summed E-state index contributed by atoms with van der Waals surface area (Å²) in [5.74, 6) is 2.62. The van der Waals surface area contributed by atoms with Gasteiger partial charge in [-0.3, -0.25) is 0 Å². The quantitative estimate of drug-likeness (QED) is 0.717. The van der Waals surface area contributed by atoms with Crippen LogP contribution in [-0.2, 0) is 0 Å². The molecule has 18 heavy (non-hydrogen) atoms. The van der Waals surface area contributed by atoms with Gasteiger partial charge in [-0.05, 0) is 6.42 Å². The number of ether oxygens (including phenoxy) is 1. The molecule has 1 aromatic rings. The molecule has 102 valence electrons. The third-order valence-electron chi connectivity index (χ3n) is 2.74. The van der Waals surface area contributed by atoms with Gasteiger partial charge in [-0.15, -0.1) is 0 Å². The zero-order valence-electron chi connectivity index (χ0n) is 12.0. The highest BCUT2D eigenvalue weighted by molar-refractivity contribution is 5.38. The molecule has 0 aromatic carbocycles. The number of rotatable bonds is 8. The summed E-state index contributed by atoms with van der Waals surface area (Å²) in [4.78, 5) is 8.83. The van der Waals surface area contributed by atoms with Gasteiger partial charge in [0, 0.05) is 19.0 Å². The molecule has 1 heterocycles. The molecule has 0 aliphatic carbocycles. The van der Waals surface area contributed by atoms with E-state index < -0.39 is 0 Å². The largest absolute Gasteiger partial charge is 0.478 e. The van der Waals surface area contributed by atoms with Crippen molar-refractivity contribution in [2.24, 2.45) is 0 Å². The van der Waals surface area contributed by atoms with Crippen LogP contribution in [0.1, 0.15) is 58.2 Å². The van der Waals surface area contributed by atoms with Gasteiger partial charge in [0.25, 0.3) is 0 Å². The summed E-state index contributed by atoms with van der Waals surface area (Å²) in [6.45, 7) is 7.11. The van der Waals surface area contributed by atoms with E-state index in [4.69, 9.17) is 4.74 Å². The number of aromatic nitrogens is 2. The maximum Gasteiger partial charge on any atom is 0.218 e. The molecule has 0 bridgehead atoms. The van der Waals surface area contributed by atoms with E-state index in [-0.39, 0.29) is 0 Å². The zero-order chi connectivity index (χ0) is 13.4. The Morgan fingerprint density at radius 3 is 2.61 bits per heavy atom. The summed E-state index contributed by atoms with van der Waals surface area (Å²) in [6, 6.07) is 1.85. The normalized spacial score (nSPS) is 10.7. The second-order valence-electron chi connectivity index (χ2n) is 4.76. The number of hydrogen-bond donors (Lipinski definition) is 1. The lowest BCUT2D eigenvalue weighted by molar-refractivity contribution is 0.292. The smallest absolute Gasteiger partial charge is 0.218 e. The summed E-state index contributed by atoms with van der Waals surface area (Å²) >= 11 is 0. The van der Waals surface area contributed by atoms with Crippen molar-refractivity contribution in [3.63, 3.8) is 0 Å². The Hall–Kier alpha value is -1.32. The third kappa shape index (κ3) is 4.90. The standard InChI is InChI=1S/C14H25N3O/c1-5-6-7-8-9-18-13-10-12(15-4)16-14(17-13)11(2)3/h10-11H,5-9H2,1-4H3,(H,15,16,17). The van der Waals surface area contributed by atoms with Gasteiger partial charge in [-0.25, -0.2) is 4.98 Å². The average molecular weight is 251 g/mol. The first-order valence-corrected chi connectivity index (χ1v) is 6.87. The van der Waals surface area contributed by atoms with Gasteiger partial charge in [0.1, 0.15) is 11.6 Å². The number of unbranched alkanes of at least 4 members (excludes halogenated alkanes) is 3. The van der Waals surface area contributed by atoms with Crippen molar-refractivity contribution in [3.05, 3.63) is 11.9 Å². The first kappa shape index (κ1) is 14.7. The van der Waals surface area contributed by atoms with Crippen molar-refractivity contribution >= 4 is 5.82 Å². The Morgan fingerprint density at radius 1 is 1.22 bits per heavy atom. The summed E-state index contributed by atoms with van der Waals surface area (Å²) in [5.41, 5.74) is 0. The van der Waals surface area contributed by atoms with Crippen LogP contribution in [0.5, 0.6) is 5.88 Å². The maximum atomic E-state index is 5.69. The van der Waals surface area contributed by atoms with Crippen LogP contribution in [0.2, 0.25) is 0 Å².